The maximum atomic E-state index is 17.2. The van der Waals surface area contributed by atoms with Crippen LogP contribution in [0.25, 0.3) is 32.1 Å². The maximum Gasteiger partial charge on any atom is 0.319 e. The molecule has 3 fully saturated rings. The minimum absolute atomic E-state index is 0.000213. The van der Waals surface area contributed by atoms with Gasteiger partial charge in [0.05, 0.1) is 38.8 Å². The van der Waals surface area contributed by atoms with Crippen LogP contribution < -0.4 is 20.1 Å². The second-order valence-electron chi connectivity index (χ2n) is 13.8. The number of nitrogens with zero attached hydrogens (tertiary/aromatic N) is 5. The molecule has 1 saturated carbocycles. The van der Waals surface area contributed by atoms with E-state index >= 15 is 8.78 Å². The average molecular weight is 755 g/mol. The number of thiophene rings is 1. The molecule has 2 aromatic heterocycles. The number of nitriles is 1. The van der Waals surface area contributed by atoms with Gasteiger partial charge in [-0.25, -0.2) is 30.7 Å². The molecule has 51 heavy (non-hydrogen) atoms. The number of rotatable bonds is 9. The molecule has 0 radical (unpaired) electrons. The Morgan fingerprint density at radius 3 is 2.63 bits per heavy atom. The van der Waals surface area contributed by atoms with Gasteiger partial charge in [-0.2, -0.15) is 15.2 Å². The van der Waals surface area contributed by atoms with Crippen LogP contribution in [-0.4, -0.2) is 78.3 Å². The molecular weight excluding hydrogens is 725 g/mol. The highest BCUT2D eigenvalue weighted by Gasteiger charge is 2.55. The Hall–Kier alpha value is -3.81. The van der Waals surface area contributed by atoms with Crippen LogP contribution in [0.3, 0.4) is 0 Å². The third kappa shape index (κ3) is 5.49. The van der Waals surface area contributed by atoms with Crippen LogP contribution in [0.4, 0.5) is 41.6 Å². The van der Waals surface area contributed by atoms with Gasteiger partial charge in [0.25, 0.3) is 6.43 Å². The number of nitrogen functional groups attached to an aromatic ring is 1. The third-order valence-corrected chi connectivity index (χ3v) is 12.3. The number of fused-ring (bicyclic) bond motifs is 2. The van der Waals surface area contributed by atoms with Crippen molar-refractivity contribution in [2.75, 3.05) is 43.5 Å². The molecule has 3 aliphatic heterocycles. The quantitative estimate of drug-likeness (QED) is 0.171. The summed E-state index contributed by atoms with van der Waals surface area (Å²) < 4.78 is 116. The SMILES string of the molecule is N#Cc1c(N)sc2c(F)ccc(-c3c(Cl)c4c5c(nc(OC[C@@]67CCCN6C[C@H](F)C7)nc5c3F)N(CC(F)F)[C@@H](C3(CC(F)F)CC3)CO4)c12. The van der Waals surface area contributed by atoms with Gasteiger partial charge in [0.15, 0.2) is 11.6 Å². The lowest BCUT2D eigenvalue weighted by Gasteiger charge is -2.37. The first-order chi connectivity index (χ1) is 24.4. The van der Waals surface area contributed by atoms with E-state index in [-0.39, 0.29) is 79.9 Å². The van der Waals surface area contributed by atoms with Crippen molar-refractivity contribution in [3.8, 4) is 29.0 Å². The van der Waals surface area contributed by atoms with Crippen LogP contribution in [0.5, 0.6) is 11.8 Å². The first kappa shape index (κ1) is 34.3. The highest BCUT2D eigenvalue weighted by Crippen LogP contribution is 2.58. The zero-order valence-corrected chi connectivity index (χ0v) is 28.4. The molecule has 1 aliphatic carbocycles. The highest BCUT2D eigenvalue weighted by molar-refractivity contribution is 7.23. The van der Waals surface area contributed by atoms with Gasteiger partial charge < -0.3 is 20.1 Å². The van der Waals surface area contributed by atoms with Crippen molar-refractivity contribution in [2.24, 2.45) is 5.41 Å². The summed E-state index contributed by atoms with van der Waals surface area (Å²) in [6.45, 7) is -0.523. The van der Waals surface area contributed by atoms with Crippen molar-refractivity contribution in [3.05, 3.63) is 34.4 Å². The zero-order valence-electron chi connectivity index (χ0n) is 26.8. The Labute approximate surface area is 295 Å². The van der Waals surface area contributed by atoms with E-state index in [9.17, 15) is 27.2 Å². The molecular formula is C34H30ClF7N6O2S. The largest absolute Gasteiger partial charge is 0.489 e. The topological polar surface area (TPSA) is 101 Å². The molecule has 4 aliphatic rings. The molecule has 2 aromatic carbocycles. The summed E-state index contributed by atoms with van der Waals surface area (Å²) in [5, 5.41) is 9.38. The summed E-state index contributed by atoms with van der Waals surface area (Å²) in [5.74, 6) is -2.22. The standard InChI is InChI=1S/C34H30ClF7N6O2S/c35-25-23(16-2-3-18(37)29-22(16)17(10-43)30(44)51-29)26(42)27-24-28(25)49-13-19(33(5-6-33)9-20(38)39)48(12-21(40)41)31(24)46-32(45-27)50-14-34-4-1-7-47(34)11-15(36)8-34/h2-3,15,19-21H,1,4-9,11-14,44H2/t15-,19-,34+/m1/s1. The minimum atomic E-state index is -2.96. The maximum absolute atomic E-state index is 17.2. The lowest BCUT2D eigenvalue weighted by atomic mass is 9.91. The van der Waals surface area contributed by atoms with E-state index < -0.39 is 72.1 Å². The summed E-state index contributed by atoms with van der Waals surface area (Å²) >= 11 is 7.74. The summed E-state index contributed by atoms with van der Waals surface area (Å²) in [5.41, 5.74) is 3.37. The first-order valence-corrected chi connectivity index (χ1v) is 17.7. The number of aromatic nitrogens is 2. The van der Waals surface area contributed by atoms with Crippen LogP contribution in [0.1, 0.15) is 44.1 Å². The zero-order chi connectivity index (χ0) is 36.0. The van der Waals surface area contributed by atoms with Crippen molar-refractivity contribution in [3.63, 3.8) is 0 Å². The molecule has 270 valence electrons. The van der Waals surface area contributed by atoms with Gasteiger partial charge in [-0.15, -0.1) is 11.3 Å². The average Bonchev–Trinajstić information content (AvgIpc) is 3.50. The van der Waals surface area contributed by atoms with Crippen LogP contribution in [0.2, 0.25) is 5.02 Å². The predicted octanol–water partition coefficient (Wildman–Crippen LogP) is 8.12. The third-order valence-electron chi connectivity index (χ3n) is 10.9. The normalized spacial score (nSPS) is 24.0. The van der Waals surface area contributed by atoms with E-state index in [0.29, 0.717) is 25.8 Å². The number of hydrogen-bond donors (Lipinski definition) is 1. The number of nitrogens with two attached hydrogens (primary N) is 1. The molecule has 0 bridgehead atoms. The molecule has 17 heteroatoms. The minimum Gasteiger partial charge on any atom is -0.489 e. The monoisotopic (exact) mass is 754 g/mol. The van der Waals surface area contributed by atoms with Crippen LogP contribution >= 0.6 is 22.9 Å². The molecule has 4 aromatic rings. The number of ether oxygens (including phenoxy) is 2. The lowest BCUT2D eigenvalue weighted by Crippen LogP contribution is -2.48. The number of hydrogen-bond acceptors (Lipinski definition) is 9. The molecule has 0 spiro atoms. The Bertz CT molecular complexity index is 2110. The summed E-state index contributed by atoms with van der Waals surface area (Å²) in [6.07, 6.45) is -5.14. The van der Waals surface area contributed by atoms with E-state index in [0.717, 1.165) is 23.8 Å². The van der Waals surface area contributed by atoms with Crippen molar-refractivity contribution in [1.82, 2.24) is 14.9 Å². The molecule has 0 unspecified atom stereocenters. The van der Waals surface area contributed by atoms with Crippen molar-refractivity contribution < 1.29 is 40.2 Å². The van der Waals surface area contributed by atoms with Crippen LogP contribution in [0, 0.1) is 28.4 Å². The number of anilines is 2. The second-order valence-corrected chi connectivity index (χ2v) is 15.3. The molecule has 8 rings (SSSR count). The molecule has 2 saturated heterocycles. The Morgan fingerprint density at radius 1 is 1.14 bits per heavy atom. The smallest absolute Gasteiger partial charge is 0.319 e. The van der Waals surface area contributed by atoms with Crippen molar-refractivity contribution in [2.45, 2.75) is 69.1 Å². The fraction of sp³-hybridized carbons (Fsp3) is 0.500. The summed E-state index contributed by atoms with van der Waals surface area (Å²) in [6, 6.07) is 2.79. The molecule has 8 nitrogen and oxygen atoms in total. The molecule has 2 N–H and O–H groups in total. The van der Waals surface area contributed by atoms with Gasteiger partial charge in [0, 0.05) is 30.3 Å². The van der Waals surface area contributed by atoms with Gasteiger partial charge in [0.2, 0.25) is 6.43 Å². The van der Waals surface area contributed by atoms with E-state index in [4.69, 9.17) is 26.8 Å². The Morgan fingerprint density at radius 2 is 1.92 bits per heavy atom. The number of benzene rings is 2. The van der Waals surface area contributed by atoms with E-state index in [2.05, 4.69) is 9.97 Å². The fourth-order valence-corrected chi connectivity index (χ4v) is 9.73. The van der Waals surface area contributed by atoms with Gasteiger partial charge in [0.1, 0.15) is 47.6 Å². The van der Waals surface area contributed by atoms with E-state index in [1.165, 1.54) is 11.0 Å². The fourth-order valence-electron chi connectivity index (χ4n) is 8.45. The number of alkyl halides is 5. The van der Waals surface area contributed by atoms with Gasteiger partial charge in [-0.05, 0) is 49.3 Å². The van der Waals surface area contributed by atoms with Gasteiger partial charge in [-0.1, -0.05) is 17.7 Å². The number of halogens is 8. The van der Waals surface area contributed by atoms with E-state index in [1.54, 1.807) is 0 Å². The van der Waals surface area contributed by atoms with Crippen LogP contribution in [-0.2, 0) is 0 Å². The summed E-state index contributed by atoms with van der Waals surface area (Å²) in [4.78, 5) is 12.1. The highest BCUT2D eigenvalue weighted by atomic mass is 35.5. The Kier molecular flexibility index (Phi) is 8.34. The molecule has 3 atom stereocenters. The van der Waals surface area contributed by atoms with Gasteiger partial charge >= 0.3 is 6.01 Å². The lowest BCUT2D eigenvalue weighted by molar-refractivity contribution is 0.0855. The van der Waals surface area contributed by atoms with Crippen molar-refractivity contribution in [1.29, 1.82) is 5.26 Å². The van der Waals surface area contributed by atoms with E-state index in [1.807, 2.05) is 11.0 Å². The first-order valence-electron chi connectivity index (χ1n) is 16.5. The van der Waals surface area contributed by atoms with Crippen LogP contribution in [0.15, 0.2) is 12.1 Å². The molecule has 0 amide bonds. The van der Waals surface area contributed by atoms with Gasteiger partial charge in [-0.3, -0.25) is 4.90 Å². The van der Waals surface area contributed by atoms with Crippen molar-refractivity contribution >= 4 is 54.7 Å². The second kappa shape index (κ2) is 12.4. The summed E-state index contributed by atoms with van der Waals surface area (Å²) in [7, 11) is 0. The predicted molar refractivity (Wildman–Crippen MR) is 178 cm³/mol. The Balaban J connectivity index is 1.36. The molecule has 5 heterocycles.